The first kappa shape index (κ1) is 12.2. The van der Waals surface area contributed by atoms with Crippen LogP contribution in [0.4, 0.5) is 0 Å². The van der Waals surface area contributed by atoms with Crippen LogP contribution in [0.5, 0.6) is 0 Å². The zero-order valence-electron chi connectivity index (χ0n) is 8.90. The second kappa shape index (κ2) is 6.67. The van der Waals surface area contributed by atoms with Gasteiger partial charge in [-0.15, -0.1) is 19.7 Å². The quantitative estimate of drug-likeness (QED) is 0.592. The summed E-state index contributed by atoms with van der Waals surface area (Å²) >= 11 is 0. The van der Waals surface area contributed by atoms with Crippen molar-refractivity contribution >= 4 is 0 Å². The van der Waals surface area contributed by atoms with Crippen LogP contribution >= 0.6 is 0 Å². The van der Waals surface area contributed by atoms with Crippen LogP contribution in [-0.2, 0) is 0 Å². The van der Waals surface area contributed by atoms with E-state index in [0.29, 0.717) is 6.04 Å². The zero-order valence-corrected chi connectivity index (χ0v) is 8.90. The third kappa shape index (κ3) is 7.54. The van der Waals surface area contributed by atoms with E-state index < -0.39 is 0 Å². The molecule has 0 heterocycles. The average Bonchev–Trinajstić information content (AvgIpc) is 1.98. The van der Waals surface area contributed by atoms with Crippen LogP contribution in [0, 0.1) is 0 Å². The fourth-order valence-electron chi connectivity index (χ4n) is 1.31. The molecule has 0 radical (unpaired) electrons. The maximum Gasteiger partial charge on any atom is 0.0144 e. The van der Waals surface area contributed by atoms with Crippen LogP contribution in [0.15, 0.2) is 37.0 Å². The third-order valence-electron chi connectivity index (χ3n) is 1.74. The zero-order chi connectivity index (χ0) is 10.3. The van der Waals surface area contributed by atoms with Gasteiger partial charge >= 0.3 is 0 Å². The SMILES string of the molecule is C=CCNC(CC(=C)C)CC(=C)C. The second-order valence-electron chi connectivity index (χ2n) is 3.72. The molecule has 0 fully saturated rings. The van der Waals surface area contributed by atoms with Gasteiger partial charge in [0.1, 0.15) is 0 Å². The average molecular weight is 179 g/mol. The summed E-state index contributed by atoms with van der Waals surface area (Å²) in [6.45, 7) is 16.5. The standard InChI is InChI=1S/C12H21N/c1-6-7-13-12(8-10(2)3)9-11(4)5/h6,12-13H,1-2,4,7-9H2,3,5H3. The van der Waals surface area contributed by atoms with Crippen molar-refractivity contribution in [3.05, 3.63) is 37.0 Å². The molecule has 1 N–H and O–H groups in total. The van der Waals surface area contributed by atoms with Crippen molar-refractivity contribution in [1.82, 2.24) is 5.32 Å². The summed E-state index contributed by atoms with van der Waals surface area (Å²) < 4.78 is 0. The van der Waals surface area contributed by atoms with Gasteiger partial charge in [0, 0.05) is 12.6 Å². The fraction of sp³-hybridized carbons (Fsp3) is 0.500. The van der Waals surface area contributed by atoms with Crippen LogP contribution in [0.2, 0.25) is 0 Å². The van der Waals surface area contributed by atoms with E-state index in [0.717, 1.165) is 19.4 Å². The highest BCUT2D eigenvalue weighted by Gasteiger charge is 2.06. The van der Waals surface area contributed by atoms with Crippen molar-refractivity contribution in [2.24, 2.45) is 0 Å². The van der Waals surface area contributed by atoms with Crippen LogP contribution in [-0.4, -0.2) is 12.6 Å². The molecule has 0 saturated carbocycles. The van der Waals surface area contributed by atoms with Gasteiger partial charge in [0.15, 0.2) is 0 Å². The van der Waals surface area contributed by atoms with Gasteiger partial charge in [0.25, 0.3) is 0 Å². The minimum Gasteiger partial charge on any atom is -0.310 e. The van der Waals surface area contributed by atoms with E-state index >= 15 is 0 Å². The maximum atomic E-state index is 3.91. The molecule has 0 aromatic heterocycles. The summed E-state index contributed by atoms with van der Waals surface area (Å²) in [4.78, 5) is 0. The predicted molar refractivity (Wildman–Crippen MR) is 60.8 cm³/mol. The molecule has 0 saturated heterocycles. The van der Waals surface area contributed by atoms with Crippen molar-refractivity contribution in [3.8, 4) is 0 Å². The van der Waals surface area contributed by atoms with Gasteiger partial charge in [0.2, 0.25) is 0 Å². The molecular weight excluding hydrogens is 158 g/mol. The van der Waals surface area contributed by atoms with Gasteiger partial charge in [-0.2, -0.15) is 0 Å². The highest BCUT2D eigenvalue weighted by molar-refractivity contribution is 5.00. The molecule has 0 unspecified atom stereocenters. The van der Waals surface area contributed by atoms with Crippen LogP contribution < -0.4 is 5.32 Å². The van der Waals surface area contributed by atoms with Gasteiger partial charge in [-0.3, -0.25) is 0 Å². The minimum atomic E-state index is 0.466. The van der Waals surface area contributed by atoms with E-state index in [1.54, 1.807) is 0 Å². The summed E-state index contributed by atoms with van der Waals surface area (Å²) in [5.74, 6) is 0. The molecule has 0 bridgehead atoms. The van der Waals surface area contributed by atoms with Gasteiger partial charge in [0.05, 0.1) is 0 Å². The molecule has 0 amide bonds. The Morgan fingerprint density at radius 2 is 1.69 bits per heavy atom. The molecule has 0 aromatic rings. The van der Waals surface area contributed by atoms with E-state index in [9.17, 15) is 0 Å². The third-order valence-corrected chi connectivity index (χ3v) is 1.74. The highest BCUT2D eigenvalue weighted by atomic mass is 14.9. The largest absolute Gasteiger partial charge is 0.310 e. The lowest BCUT2D eigenvalue weighted by Crippen LogP contribution is -2.29. The molecule has 0 aliphatic heterocycles. The summed E-state index contributed by atoms with van der Waals surface area (Å²) in [5.41, 5.74) is 2.42. The monoisotopic (exact) mass is 179 g/mol. The molecule has 13 heavy (non-hydrogen) atoms. The van der Waals surface area contributed by atoms with E-state index in [4.69, 9.17) is 0 Å². The molecule has 0 atom stereocenters. The Balaban J connectivity index is 3.93. The minimum absolute atomic E-state index is 0.466. The molecule has 1 heteroatoms. The van der Waals surface area contributed by atoms with Crippen molar-refractivity contribution in [2.75, 3.05) is 6.54 Å². The Hall–Kier alpha value is -0.820. The Kier molecular flexibility index (Phi) is 6.25. The Morgan fingerprint density at radius 3 is 2.00 bits per heavy atom. The predicted octanol–water partition coefficient (Wildman–Crippen LogP) is 3.06. The van der Waals surface area contributed by atoms with E-state index in [-0.39, 0.29) is 0 Å². The lowest BCUT2D eigenvalue weighted by atomic mass is 10.0. The molecule has 0 spiro atoms. The van der Waals surface area contributed by atoms with E-state index in [1.807, 2.05) is 6.08 Å². The van der Waals surface area contributed by atoms with Crippen molar-refractivity contribution < 1.29 is 0 Å². The normalized spacial score (nSPS) is 10.1. The van der Waals surface area contributed by atoms with Crippen molar-refractivity contribution in [1.29, 1.82) is 0 Å². The van der Waals surface area contributed by atoms with Gasteiger partial charge in [-0.25, -0.2) is 0 Å². The van der Waals surface area contributed by atoms with Gasteiger partial charge < -0.3 is 5.32 Å². The lowest BCUT2D eigenvalue weighted by molar-refractivity contribution is 0.531. The first-order chi connectivity index (χ1) is 6.06. The first-order valence-electron chi connectivity index (χ1n) is 4.69. The highest BCUT2D eigenvalue weighted by Crippen LogP contribution is 2.10. The number of rotatable bonds is 7. The van der Waals surface area contributed by atoms with Crippen molar-refractivity contribution in [3.63, 3.8) is 0 Å². The first-order valence-corrected chi connectivity index (χ1v) is 4.69. The number of hydrogen-bond acceptors (Lipinski definition) is 1. The fourth-order valence-corrected chi connectivity index (χ4v) is 1.31. The summed E-state index contributed by atoms with van der Waals surface area (Å²) in [6.07, 6.45) is 3.91. The molecule has 1 nitrogen and oxygen atoms in total. The Morgan fingerprint density at radius 1 is 1.23 bits per heavy atom. The molecular formula is C12H21N. The van der Waals surface area contributed by atoms with Gasteiger partial charge in [-0.1, -0.05) is 17.2 Å². The lowest BCUT2D eigenvalue weighted by Gasteiger charge is -2.17. The summed E-state index contributed by atoms with van der Waals surface area (Å²) in [6, 6.07) is 0.466. The molecule has 0 aromatic carbocycles. The summed E-state index contributed by atoms with van der Waals surface area (Å²) in [7, 11) is 0. The smallest absolute Gasteiger partial charge is 0.0144 e. The maximum absolute atomic E-state index is 3.91. The summed E-state index contributed by atoms with van der Waals surface area (Å²) in [5, 5.41) is 3.39. The van der Waals surface area contributed by atoms with E-state index in [2.05, 4.69) is 38.9 Å². The molecule has 0 aliphatic carbocycles. The molecule has 0 rings (SSSR count). The number of nitrogens with one attached hydrogen (secondary N) is 1. The molecule has 74 valence electrons. The Bertz CT molecular complexity index is 175. The second-order valence-corrected chi connectivity index (χ2v) is 3.72. The number of hydrogen-bond donors (Lipinski definition) is 1. The van der Waals surface area contributed by atoms with Crippen molar-refractivity contribution in [2.45, 2.75) is 32.7 Å². The van der Waals surface area contributed by atoms with Crippen LogP contribution in [0.3, 0.4) is 0 Å². The van der Waals surface area contributed by atoms with Crippen LogP contribution in [0.1, 0.15) is 26.7 Å². The topological polar surface area (TPSA) is 12.0 Å². The Labute approximate surface area is 82.2 Å². The van der Waals surface area contributed by atoms with Crippen LogP contribution in [0.25, 0.3) is 0 Å². The van der Waals surface area contributed by atoms with E-state index in [1.165, 1.54) is 11.1 Å². The van der Waals surface area contributed by atoms with Gasteiger partial charge in [-0.05, 0) is 26.7 Å². The molecule has 0 aliphatic rings.